The summed E-state index contributed by atoms with van der Waals surface area (Å²) in [7, 11) is 3.91. The Kier molecular flexibility index (Phi) is 5.13. The average molecular weight is 310 g/mol. The predicted octanol–water partition coefficient (Wildman–Crippen LogP) is 2.68. The molecule has 0 amide bonds. The topological polar surface area (TPSA) is 66.8 Å². The van der Waals surface area contributed by atoms with Crippen molar-refractivity contribution in [1.29, 1.82) is 0 Å². The predicted molar refractivity (Wildman–Crippen MR) is 83.9 cm³/mol. The minimum atomic E-state index is 0.673. The lowest BCUT2D eigenvalue weighted by atomic mass is 10.4. The summed E-state index contributed by atoms with van der Waals surface area (Å²) >= 11 is 3.07. The number of rotatable bonds is 6. The first-order valence-corrected chi connectivity index (χ1v) is 8.00. The molecule has 0 atom stereocenters. The lowest BCUT2D eigenvalue weighted by molar-refractivity contribution is 0.922. The first-order chi connectivity index (χ1) is 9.58. The fraction of sp³-hybridized carbons (Fsp3) is 0.500. The van der Waals surface area contributed by atoms with Gasteiger partial charge >= 0.3 is 0 Å². The Morgan fingerprint density at radius 3 is 2.75 bits per heavy atom. The SMILES string of the molecule is CCCNc1nc(C)cc(Sc2nnc(N(C)C)s2)n1. The molecule has 0 aromatic carbocycles. The van der Waals surface area contributed by atoms with Gasteiger partial charge < -0.3 is 10.2 Å². The minimum Gasteiger partial charge on any atom is -0.354 e. The molecule has 0 unspecified atom stereocenters. The van der Waals surface area contributed by atoms with Crippen molar-refractivity contribution in [3.63, 3.8) is 0 Å². The largest absolute Gasteiger partial charge is 0.354 e. The average Bonchev–Trinajstić information content (AvgIpc) is 2.84. The van der Waals surface area contributed by atoms with E-state index in [-0.39, 0.29) is 0 Å². The Morgan fingerprint density at radius 1 is 1.30 bits per heavy atom. The van der Waals surface area contributed by atoms with Crippen molar-refractivity contribution in [1.82, 2.24) is 20.2 Å². The second-order valence-electron chi connectivity index (χ2n) is 4.44. The molecule has 0 radical (unpaired) electrons. The van der Waals surface area contributed by atoms with E-state index in [0.717, 1.165) is 33.2 Å². The van der Waals surface area contributed by atoms with Crippen molar-refractivity contribution < 1.29 is 0 Å². The van der Waals surface area contributed by atoms with Gasteiger partial charge in [0, 0.05) is 26.3 Å². The van der Waals surface area contributed by atoms with Crippen LogP contribution < -0.4 is 10.2 Å². The van der Waals surface area contributed by atoms with Crippen molar-refractivity contribution in [2.75, 3.05) is 30.9 Å². The Balaban J connectivity index is 2.13. The molecule has 0 aliphatic heterocycles. The molecular weight excluding hydrogens is 292 g/mol. The number of hydrogen-bond acceptors (Lipinski definition) is 8. The highest BCUT2D eigenvalue weighted by Gasteiger charge is 2.10. The highest BCUT2D eigenvalue weighted by atomic mass is 32.2. The van der Waals surface area contributed by atoms with E-state index in [1.807, 2.05) is 32.0 Å². The normalized spacial score (nSPS) is 10.6. The lowest BCUT2D eigenvalue weighted by Crippen LogP contribution is -2.07. The molecule has 6 nitrogen and oxygen atoms in total. The standard InChI is InChI=1S/C12H18N6S2/c1-5-6-13-10-14-8(2)7-9(15-10)19-12-17-16-11(20-12)18(3)4/h7H,5-6H2,1-4H3,(H,13,14,15). The molecule has 0 saturated carbocycles. The minimum absolute atomic E-state index is 0.673. The molecule has 2 aromatic heterocycles. The molecule has 1 N–H and O–H groups in total. The van der Waals surface area contributed by atoms with Crippen LogP contribution in [0.1, 0.15) is 19.0 Å². The Bertz CT molecular complexity index is 569. The van der Waals surface area contributed by atoms with Crippen LogP contribution >= 0.6 is 23.1 Å². The molecule has 0 saturated heterocycles. The zero-order chi connectivity index (χ0) is 14.5. The molecule has 8 heteroatoms. The second kappa shape index (κ2) is 6.85. The lowest BCUT2D eigenvalue weighted by Gasteiger charge is -2.06. The van der Waals surface area contributed by atoms with E-state index in [9.17, 15) is 0 Å². The third kappa shape index (κ3) is 4.04. The van der Waals surface area contributed by atoms with Crippen LogP contribution in [0.3, 0.4) is 0 Å². The van der Waals surface area contributed by atoms with E-state index >= 15 is 0 Å². The van der Waals surface area contributed by atoms with Crippen LogP contribution in [0.4, 0.5) is 11.1 Å². The number of nitrogens with one attached hydrogen (secondary N) is 1. The summed E-state index contributed by atoms with van der Waals surface area (Å²) in [4.78, 5) is 10.8. The third-order valence-corrected chi connectivity index (χ3v) is 4.39. The number of aromatic nitrogens is 4. The molecule has 0 spiro atoms. The van der Waals surface area contributed by atoms with Gasteiger partial charge in [0.25, 0.3) is 0 Å². The van der Waals surface area contributed by atoms with Crippen molar-refractivity contribution in [3.05, 3.63) is 11.8 Å². The molecule has 0 fully saturated rings. The van der Waals surface area contributed by atoms with Gasteiger partial charge in [-0.2, -0.15) is 0 Å². The van der Waals surface area contributed by atoms with Crippen LogP contribution in [-0.2, 0) is 0 Å². The van der Waals surface area contributed by atoms with E-state index in [1.54, 1.807) is 11.3 Å². The summed E-state index contributed by atoms with van der Waals surface area (Å²) in [5, 5.41) is 13.3. The number of nitrogens with zero attached hydrogens (tertiary/aromatic N) is 5. The zero-order valence-corrected chi connectivity index (χ0v) is 13.7. The van der Waals surface area contributed by atoms with Crippen LogP contribution in [0.5, 0.6) is 0 Å². The summed E-state index contributed by atoms with van der Waals surface area (Å²) < 4.78 is 0.883. The van der Waals surface area contributed by atoms with Gasteiger partial charge in [-0.1, -0.05) is 18.3 Å². The number of aryl methyl sites for hydroxylation is 1. The molecule has 0 aliphatic rings. The Labute approximate surface area is 127 Å². The van der Waals surface area contributed by atoms with Gasteiger partial charge in [-0.3, -0.25) is 0 Å². The summed E-state index contributed by atoms with van der Waals surface area (Å²) in [5.74, 6) is 0.673. The van der Waals surface area contributed by atoms with Crippen LogP contribution in [-0.4, -0.2) is 40.8 Å². The van der Waals surface area contributed by atoms with Crippen LogP contribution in [0.2, 0.25) is 0 Å². The quantitative estimate of drug-likeness (QED) is 0.823. The van der Waals surface area contributed by atoms with Gasteiger partial charge in [0.15, 0.2) is 4.34 Å². The fourth-order valence-corrected chi connectivity index (χ4v) is 3.19. The van der Waals surface area contributed by atoms with Crippen molar-refractivity contribution in [3.8, 4) is 0 Å². The van der Waals surface area contributed by atoms with Gasteiger partial charge in [-0.05, 0) is 31.2 Å². The molecule has 108 valence electrons. The zero-order valence-electron chi connectivity index (χ0n) is 12.0. The molecule has 2 rings (SSSR count). The summed E-state index contributed by atoms with van der Waals surface area (Å²) in [6.45, 7) is 4.95. The number of anilines is 2. The maximum absolute atomic E-state index is 4.49. The van der Waals surface area contributed by atoms with Gasteiger partial charge in [-0.15, -0.1) is 10.2 Å². The fourth-order valence-electron chi connectivity index (χ4n) is 1.42. The second-order valence-corrected chi connectivity index (χ2v) is 6.67. The van der Waals surface area contributed by atoms with E-state index in [2.05, 4.69) is 32.4 Å². The van der Waals surface area contributed by atoms with Crippen LogP contribution in [0, 0.1) is 6.92 Å². The van der Waals surface area contributed by atoms with Gasteiger partial charge in [0.1, 0.15) is 5.03 Å². The van der Waals surface area contributed by atoms with E-state index in [1.165, 1.54) is 11.8 Å². The van der Waals surface area contributed by atoms with Gasteiger partial charge in [0.2, 0.25) is 11.1 Å². The van der Waals surface area contributed by atoms with E-state index in [4.69, 9.17) is 0 Å². The van der Waals surface area contributed by atoms with Crippen molar-refractivity contribution in [2.45, 2.75) is 29.6 Å². The Morgan fingerprint density at radius 2 is 2.10 bits per heavy atom. The molecule has 2 aromatic rings. The van der Waals surface area contributed by atoms with E-state index < -0.39 is 0 Å². The maximum Gasteiger partial charge on any atom is 0.223 e. The van der Waals surface area contributed by atoms with Crippen molar-refractivity contribution in [2.24, 2.45) is 0 Å². The molecule has 2 heterocycles. The summed E-state index contributed by atoms with van der Waals surface area (Å²) in [6.07, 6.45) is 1.04. The summed E-state index contributed by atoms with van der Waals surface area (Å²) in [5.41, 5.74) is 0.943. The van der Waals surface area contributed by atoms with Gasteiger partial charge in [-0.25, -0.2) is 9.97 Å². The smallest absolute Gasteiger partial charge is 0.223 e. The maximum atomic E-state index is 4.49. The van der Waals surface area contributed by atoms with Crippen LogP contribution in [0.25, 0.3) is 0 Å². The highest BCUT2D eigenvalue weighted by molar-refractivity contribution is 8.01. The molecular formula is C12H18N6S2. The molecule has 0 aliphatic carbocycles. The third-order valence-electron chi connectivity index (χ3n) is 2.33. The highest BCUT2D eigenvalue weighted by Crippen LogP contribution is 2.32. The van der Waals surface area contributed by atoms with Crippen LogP contribution in [0.15, 0.2) is 15.4 Å². The van der Waals surface area contributed by atoms with Gasteiger partial charge in [0.05, 0.1) is 0 Å². The molecule has 0 bridgehead atoms. The molecule has 20 heavy (non-hydrogen) atoms. The van der Waals surface area contributed by atoms with E-state index in [0.29, 0.717) is 5.95 Å². The summed E-state index contributed by atoms with van der Waals surface area (Å²) in [6, 6.07) is 1.96. The number of hydrogen-bond donors (Lipinski definition) is 1. The first-order valence-electron chi connectivity index (χ1n) is 6.36. The van der Waals surface area contributed by atoms with Crippen molar-refractivity contribution >= 4 is 34.2 Å². The Hall–Kier alpha value is -1.41. The monoisotopic (exact) mass is 310 g/mol. The first kappa shape index (κ1) is 15.0.